The summed E-state index contributed by atoms with van der Waals surface area (Å²) in [6.07, 6.45) is 1.70. The Hall–Kier alpha value is 0.310. The summed E-state index contributed by atoms with van der Waals surface area (Å²) in [6.45, 7) is 7.62. The van der Waals surface area contributed by atoms with E-state index in [9.17, 15) is 0 Å². The second-order valence-corrected chi connectivity index (χ2v) is 3.10. The summed E-state index contributed by atoms with van der Waals surface area (Å²) in [5, 5.41) is 0.400. The van der Waals surface area contributed by atoms with E-state index in [1.165, 1.54) is 0 Å². The third-order valence-corrected chi connectivity index (χ3v) is 1.78. The maximum absolute atomic E-state index is 5.81. The van der Waals surface area contributed by atoms with Crippen LogP contribution in [0.15, 0.2) is 24.4 Å². The van der Waals surface area contributed by atoms with E-state index in [-0.39, 0.29) is 16.4 Å². The van der Waals surface area contributed by atoms with E-state index in [1.54, 1.807) is 13.1 Å². The van der Waals surface area contributed by atoms with E-state index in [0.717, 1.165) is 0 Å². The molecule has 60 valence electrons. The minimum Gasteiger partial charge on any atom is -1.00 e. The van der Waals surface area contributed by atoms with Gasteiger partial charge < -0.3 is 12.4 Å². The van der Waals surface area contributed by atoms with E-state index in [0.29, 0.717) is 11.7 Å². The topological polar surface area (TPSA) is 0 Å². The van der Waals surface area contributed by atoms with Crippen LogP contribution in [0, 0.1) is 0 Å². The molecule has 1 nitrogen and oxygen atoms in total. The smallest absolute Gasteiger partial charge is 0.212 e. The molecule has 0 aliphatic rings. The lowest BCUT2D eigenvalue weighted by atomic mass is 10.6. The van der Waals surface area contributed by atoms with Crippen molar-refractivity contribution in [3.8, 4) is 0 Å². The second-order valence-electron chi connectivity index (χ2n) is 1.92. The molecular weight excluding hydrogens is 192 g/mol. The molecule has 0 radical (unpaired) electrons. The lowest BCUT2D eigenvalue weighted by Gasteiger charge is -2.19. The molecule has 10 heavy (non-hydrogen) atoms. The maximum Gasteiger partial charge on any atom is 0.212 e. The molecule has 1 unspecified atom stereocenters. The average molecular weight is 203 g/mol. The first kappa shape index (κ1) is 12.9. The van der Waals surface area contributed by atoms with Gasteiger partial charge in [-0.1, -0.05) is 6.58 Å². The molecule has 0 saturated carbocycles. The van der Waals surface area contributed by atoms with Gasteiger partial charge in [-0.2, -0.15) is 4.00 Å². The lowest BCUT2D eigenvalue weighted by Crippen LogP contribution is -3.00. The predicted molar refractivity (Wildman–Crippen MR) is 42.1 cm³/mol. The molecule has 0 fully saturated rings. The van der Waals surface area contributed by atoms with Crippen LogP contribution in [-0.2, 0) is 0 Å². The van der Waals surface area contributed by atoms with E-state index in [2.05, 4.69) is 13.2 Å². The van der Waals surface area contributed by atoms with Gasteiger partial charge in [-0.05, 0) is 24.3 Å². The first-order valence-corrected chi connectivity index (χ1v) is 3.23. The minimum absolute atomic E-state index is 0. The van der Waals surface area contributed by atoms with Crippen molar-refractivity contribution in [1.82, 2.24) is 0 Å². The van der Waals surface area contributed by atoms with Gasteiger partial charge in [-0.25, -0.2) is 0 Å². The second kappa shape index (κ2) is 5.03. The van der Waals surface area contributed by atoms with Crippen LogP contribution >= 0.6 is 23.4 Å². The van der Waals surface area contributed by atoms with Crippen LogP contribution in [0.4, 0.5) is 0 Å². The minimum atomic E-state index is 0. The van der Waals surface area contributed by atoms with Gasteiger partial charge in [0.15, 0.2) is 11.8 Å². The highest BCUT2D eigenvalue weighted by Gasteiger charge is 2.20. The lowest BCUT2D eigenvalue weighted by molar-refractivity contribution is -0.736. The van der Waals surface area contributed by atoms with Crippen molar-refractivity contribution < 1.29 is 16.4 Å². The van der Waals surface area contributed by atoms with Crippen molar-refractivity contribution >= 4 is 23.4 Å². The van der Waals surface area contributed by atoms with Crippen LogP contribution in [0.25, 0.3) is 0 Å². The fraction of sp³-hybridized carbons (Fsp3) is 0.333. The van der Waals surface area contributed by atoms with Crippen molar-refractivity contribution in [2.24, 2.45) is 0 Å². The molecule has 0 amide bonds. The Morgan fingerprint density at radius 2 is 2.10 bits per heavy atom. The van der Waals surface area contributed by atoms with Crippen molar-refractivity contribution in [3.63, 3.8) is 0 Å². The molecule has 0 N–H and O–H groups in total. The average Bonchev–Trinajstić information content (AvgIpc) is 1.65. The summed E-state index contributed by atoms with van der Waals surface area (Å²) in [4.78, 5) is 0. The third kappa shape index (κ3) is 4.18. The van der Waals surface area contributed by atoms with Gasteiger partial charge in [-0.15, -0.1) is 0 Å². The first-order valence-electron chi connectivity index (χ1n) is 2.52. The molecule has 0 saturated heterocycles. The zero-order valence-electron chi connectivity index (χ0n) is 5.78. The number of nitrogens with zero attached hydrogens (tertiary/aromatic N) is 1. The van der Waals surface area contributed by atoms with Crippen molar-refractivity contribution in [3.05, 3.63) is 24.4 Å². The van der Waals surface area contributed by atoms with E-state index < -0.39 is 0 Å². The quantitative estimate of drug-likeness (QED) is 0.328. The zero-order chi connectivity index (χ0) is 7.49. The molecule has 0 aliphatic carbocycles. The molecule has 0 aromatic heterocycles. The molecule has 0 bridgehead atoms. The highest BCUT2D eigenvalue weighted by atomic mass is 35.5. The summed E-state index contributed by atoms with van der Waals surface area (Å²) in [5.41, 5.74) is 0. The Balaban J connectivity index is 0. The number of rotatable bonds is 3. The Bertz CT molecular complexity index is 131. The highest BCUT2D eigenvalue weighted by Crippen LogP contribution is 2.19. The summed E-state index contributed by atoms with van der Waals surface area (Å²) < 4.78 is 0.0745. The normalized spacial score (nSPS) is 14.7. The fourth-order valence-electron chi connectivity index (χ4n) is 0.341. The van der Waals surface area contributed by atoms with Gasteiger partial charge in [0.05, 0.1) is 7.05 Å². The van der Waals surface area contributed by atoms with E-state index >= 15 is 0 Å². The fourth-order valence-corrected chi connectivity index (χ4v) is 0.508. The van der Waals surface area contributed by atoms with Crippen LogP contribution in [0.5, 0.6) is 0 Å². The Morgan fingerprint density at radius 3 is 2.20 bits per heavy atom. The van der Waals surface area contributed by atoms with Crippen molar-refractivity contribution in [1.29, 1.82) is 0 Å². The van der Waals surface area contributed by atoms with Gasteiger partial charge in [0.2, 0.25) is 5.16 Å². The molecule has 0 aromatic carbocycles. The van der Waals surface area contributed by atoms with Gasteiger partial charge >= 0.3 is 0 Å². The molecule has 0 aromatic rings. The van der Waals surface area contributed by atoms with E-state index in [1.807, 2.05) is 0 Å². The Kier molecular flexibility index (Phi) is 6.50. The van der Waals surface area contributed by atoms with E-state index in [4.69, 9.17) is 23.4 Å². The molecular formula is C6H10Cl3N. The van der Waals surface area contributed by atoms with Crippen molar-refractivity contribution in [2.45, 2.75) is 0 Å². The number of hydrogen-bond acceptors (Lipinski definition) is 0. The molecule has 0 rings (SSSR count). The molecule has 1 atom stereocenters. The molecule has 4 heteroatoms. The SMILES string of the molecule is C=CC[N+](C)(Cl)C(=C)Cl.[Cl-]. The van der Waals surface area contributed by atoms with Crippen LogP contribution in [0.1, 0.15) is 0 Å². The van der Waals surface area contributed by atoms with Crippen LogP contribution in [0.2, 0.25) is 0 Å². The Morgan fingerprint density at radius 1 is 1.70 bits per heavy atom. The number of halogens is 3. The third-order valence-electron chi connectivity index (χ3n) is 0.978. The number of likely N-dealkylation sites (N-methyl/N-ethyl adjacent to an activating group) is 1. The monoisotopic (exact) mass is 201 g/mol. The standard InChI is InChI=1S/C6H10Cl2N.ClH/c1-4-5-9(3,8)6(2)7;/h4H,1-2,5H2,3H3;1H/q+1;/p-1. The Labute approximate surface area is 78.0 Å². The largest absolute Gasteiger partial charge is 1.00 e. The molecule has 0 spiro atoms. The number of quaternary nitrogens is 1. The van der Waals surface area contributed by atoms with Crippen LogP contribution in [-0.4, -0.2) is 17.6 Å². The van der Waals surface area contributed by atoms with Crippen LogP contribution in [0.3, 0.4) is 0 Å². The van der Waals surface area contributed by atoms with Gasteiger partial charge in [0.1, 0.15) is 6.54 Å². The highest BCUT2D eigenvalue weighted by molar-refractivity contribution is 6.29. The summed E-state index contributed by atoms with van der Waals surface area (Å²) in [7, 11) is 1.75. The van der Waals surface area contributed by atoms with Crippen molar-refractivity contribution in [2.75, 3.05) is 13.6 Å². The predicted octanol–water partition coefficient (Wildman–Crippen LogP) is -0.513. The van der Waals surface area contributed by atoms with Gasteiger partial charge in [0, 0.05) is 0 Å². The summed E-state index contributed by atoms with van der Waals surface area (Å²) in [6, 6.07) is 0. The zero-order valence-corrected chi connectivity index (χ0v) is 8.05. The number of hydrogen-bond donors (Lipinski definition) is 0. The summed E-state index contributed by atoms with van der Waals surface area (Å²) in [5.74, 6) is 0. The first-order chi connectivity index (χ1) is 4.00. The molecule has 0 heterocycles. The summed E-state index contributed by atoms with van der Waals surface area (Å²) >= 11 is 11.4. The maximum atomic E-state index is 5.81. The van der Waals surface area contributed by atoms with Gasteiger partial charge in [-0.3, -0.25) is 0 Å². The molecule has 0 aliphatic heterocycles. The van der Waals surface area contributed by atoms with Gasteiger partial charge in [0.25, 0.3) is 0 Å². The van der Waals surface area contributed by atoms with Crippen LogP contribution < -0.4 is 12.4 Å².